The third kappa shape index (κ3) is 1.89. The minimum Gasteiger partial charge on any atom is -0.376 e. The number of hydrogen-bond donors (Lipinski definition) is 2. The van der Waals surface area contributed by atoms with E-state index >= 15 is 0 Å². The van der Waals surface area contributed by atoms with Crippen LogP contribution in [0.4, 0.5) is 5.95 Å². The fourth-order valence-electron chi connectivity index (χ4n) is 0.460. The van der Waals surface area contributed by atoms with Crippen molar-refractivity contribution in [2.24, 2.45) is 5.73 Å². The molecule has 1 aromatic heterocycles. The van der Waals surface area contributed by atoms with Crippen LogP contribution >= 0.6 is 23.8 Å². The average molecular weight is 174 g/mol. The summed E-state index contributed by atoms with van der Waals surface area (Å²) < 4.78 is 3.91. The SMILES string of the molecule is Cc1nc(NC(N)=S)ns1. The minimum atomic E-state index is 0.192. The van der Waals surface area contributed by atoms with E-state index in [-0.39, 0.29) is 5.11 Å². The largest absolute Gasteiger partial charge is 0.376 e. The molecule has 0 aliphatic heterocycles. The molecule has 54 valence electrons. The second-order valence-corrected chi connectivity index (χ2v) is 3.02. The van der Waals surface area contributed by atoms with Crippen LogP contribution in [-0.2, 0) is 0 Å². The van der Waals surface area contributed by atoms with Gasteiger partial charge in [0.2, 0.25) is 5.95 Å². The first kappa shape index (κ1) is 7.36. The number of nitrogens with zero attached hydrogens (tertiary/aromatic N) is 2. The Morgan fingerprint density at radius 2 is 2.50 bits per heavy atom. The summed E-state index contributed by atoms with van der Waals surface area (Å²) in [6, 6.07) is 0. The van der Waals surface area contributed by atoms with Crippen LogP contribution in [0.1, 0.15) is 5.01 Å². The molecule has 0 aliphatic rings. The molecule has 0 bridgehead atoms. The van der Waals surface area contributed by atoms with Crippen molar-refractivity contribution in [3.05, 3.63) is 5.01 Å². The van der Waals surface area contributed by atoms with Crippen LogP contribution in [0.5, 0.6) is 0 Å². The zero-order valence-corrected chi connectivity index (χ0v) is 6.92. The lowest BCUT2D eigenvalue weighted by Crippen LogP contribution is -2.19. The smallest absolute Gasteiger partial charge is 0.240 e. The van der Waals surface area contributed by atoms with Crippen LogP contribution in [0.3, 0.4) is 0 Å². The molecule has 0 aliphatic carbocycles. The van der Waals surface area contributed by atoms with Crippen LogP contribution in [0, 0.1) is 6.92 Å². The first-order valence-corrected chi connectivity index (χ1v) is 3.73. The van der Waals surface area contributed by atoms with E-state index in [0.717, 1.165) is 5.01 Å². The Bertz CT molecular complexity index is 243. The topological polar surface area (TPSA) is 63.8 Å². The van der Waals surface area contributed by atoms with Gasteiger partial charge in [0, 0.05) is 0 Å². The molecule has 4 nitrogen and oxygen atoms in total. The molecule has 0 radical (unpaired) electrons. The highest BCUT2D eigenvalue weighted by atomic mass is 32.1. The van der Waals surface area contributed by atoms with E-state index in [9.17, 15) is 0 Å². The summed E-state index contributed by atoms with van der Waals surface area (Å²) >= 11 is 5.89. The lowest BCUT2D eigenvalue weighted by molar-refractivity contribution is 1.25. The van der Waals surface area contributed by atoms with Gasteiger partial charge in [-0.3, -0.25) is 0 Å². The Kier molecular flexibility index (Phi) is 2.13. The summed E-state index contributed by atoms with van der Waals surface area (Å²) in [7, 11) is 0. The molecular weight excluding hydrogens is 168 g/mol. The summed E-state index contributed by atoms with van der Waals surface area (Å²) in [5.74, 6) is 0.481. The monoisotopic (exact) mass is 174 g/mol. The van der Waals surface area contributed by atoms with E-state index < -0.39 is 0 Å². The second-order valence-electron chi connectivity index (χ2n) is 1.63. The van der Waals surface area contributed by atoms with Crippen LogP contribution in [0.15, 0.2) is 0 Å². The second kappa shape index (κ2) is 2.89. The molecule has 1 rings (SSSR count). The normalized spacial score (nSPS) is 9.30. The van der Waals surface area contributed by atoms with Gasteiger partial charge in [0.05, 0.1) is 0 Å². The Morgan fingerprint density at radius 3 is 2.90 bits per heavy atom. The molecule has 0 amide bonds. The van der Waals surface area contributed by atoms with Gasteiger partial charge in [0.15, 0.2) is 5.11 Å². The van der Waals surface area contributed by atoms with Gasteiger partial charge >= 0.3 is 0 Å². The molecule has 0 unspecified atom stereocenters. The summed E-state index contributed by atoms with van der Waals surface area (Å²) in [5.41, 5.74) is 5.18. The lowest BCUT2D eigenvalue weighted by Gasteiger charge is -1.93. The molecule has 0 atom stereocenters. The van der Waals surface area contributed by atoms with Gasteiger partial charge in [0.25, 0.3) is 0 Å². The lowest BCUT2D eigenvalue weighted by atomic mass is 10.8. The van der Waals surface area contributed by atoms with Crippen LogP contribution in [0.2, 0.25) is 0 Å². The summed E-state index contributed by atoms with van der Waals surface area (Å²) in [6.45, 7) is 1.86. The van der Waals surface area contributed by atoms with Crippen molar-refractivity contribution in [3.63, 3.8) is 0 Å². The van der Waals surface area contributed by atoms with Gasteiger partial charge in [-0.15, -0.1) is 0 Å². The molecule has 10 heavy (non-hydrogen) atoms. The molecule has 3 N–H and O–H groups in total. The van der Waals surface area contributed by atoms with E-state index in [1.54, 1.807) is 0 Å². The fraction of sp³-hybridized carbons (Fsp3) is 0.250. The van der Waals surface area contributed by atoms with E-state index in [4.69, 9.17) is 5.73 Å². The number of anilines is 1. The molecular formula is C4H6N4S2. The zero-order valence-electron chi connectivity index (χ0n) is 5.29. The van der Waals surface area contributed by atoms with Crippen LogP contribution in [0.25, 0.3) is 0 Å². The fourth-order valence-corrected chi connectivity index (χ4v) is 0.984. The number of aryl methyl sites for hydroxylation is 1. The van der Waals surface area contributed by atoms with Crippen molar-refractivity contribution in [2.75, 3.05) is 5.32 Å². The van der Waals surface area contributed by atoms with E-state index in [1.165, 1.54) is 11.5 Å². The number of nitrogens with two attached hydrogens (primary N) is 1. The van der Waals surface area contributed by atoms with Crippen molar-refractivity contribution in [1.29, 1.82) is 0 Å². The zero-order chi connectivity index (χ0) is 7.56. The highest BCUT2D eigenvalue weighted by Gasteiger charge is 1.98. The summed E-state index contributed by atoms with van der Waals surface area (Å²) in [4.78, 5) is 3.98. The molecule has 0 saturated heterocycles. The average Bonchev–Trinajstić information content (AvgIpc) is 2.13. The maximum Gasteiger partial charge on any atom is 0.240 e. The Labute approximate surface area is 67.6 Å². The predicted octanol–water partition coefficient (Wildman–Crippen LogP) is 0.502. The van der Waals surface area contributed by atoms with Gasteiger partial charge in [-0.25, -0.2) is 4.98 Å². The molecule has 0 aromatic carbocycles. The van der Waals surface area contributed by atoms with Crippen molar-refractivity contribution in [2.45, 2.75) is 6.92 Å². The van der Waals surface area contributed by atoms with Gasteiger partial charge < -0.3 is 11.1 Å². The molecule has 6 heteroatoms. The standard InChI is InChI=1S/C4H6N4S2/c1-2-6-4(8-10-2)7-3(5)9/h1H3,(H3,5,7,8,9). The van der Waals surface area contributed by atoms with Gasteiger partial charge in [0.1, 0.15) is 5.01 Å². The van der Waals surface area contributed by atoms with Gasteiger partial charge in [-0.2, -0.15) is 4.37 Å². The third-order valence-corrected chi connectivity index (χ3v) is 1.48. The third-order valence-electron chi connectivity index (χ3n) is 0.763. The molecule has 1 heterocycles. The molecule has 0 saturated carbocycles. The van der Waals surface area contributed by atoms with Crippen molar-refractivity contribution < 1.29 is 0 Å². The first-order valence-electron chi connectivity index (χ1n) is 2.55. The summed E-state index contributed by atoms with van der Waals surface area (Å²) in [6.07, 6.45) is 0. The molecule has 0 fully saturated rings. The van der Waals surface area contributed by atoms with E-state index in [0.29, 0.717) is 5.95 Å². The van der Waals surface area contributed by atoms with Crippen LogP contribution < -0.4 is 11.1 Å². The number of thiocarbonyl (C=S) groups is 1. The molecule has 1 aromatic rings. The maximum atomic E-state index is 5.18. The summed E-state index contributed by atoms with van der Waals surface area (Å²) in [5, 5.41) is 3.70. The van der Waals surface area contributed by atoms with Crippen molar-refractivity contribution >= 4 is 34.8 Å². The van der Waals surface area contributed by atoms with Crippen molar-refractivity contribution in [1.82, 2.24) is 9.36 Å². The van der Waals surface area contributed by atoms with Gasteiger partial charge in [-0.05, 0) is 30.7 Å². The Morgan fingerprint density at radius 1 is 1.80 bits per heavy atom. The number of aromatic nitrogens is 2. The Hall–Kier alpha value is -0.750. The van der Waals surface area contributed by atoms with Crippen molar-refractivity contribution in [3.8, 4) is 0 Å². The predicted molar refractivity (Wildman–Crippen MR) is 45.1 cm³/mol. The highest BCUT2D eigenvalue weighted by Crippen LogP contribution is 2.05. The van der Waals surface area contributed by atoms with E-state index in [1.807, 2.05) is 6.92 Å². The highest BCUT2D eigenvalue weighted by molar-refractivity contribution is 7.80. The minimum absolute atomic E-state index is 0.192. The Balaban J connectivity index is 2.67. The number of hydrogen-bond acceptors (Lipinski definition) is 4. The number of rotatable bonds is 1. The molecule has 0 spiro atoms. The maximum absolute atomic E-state index is 5.18. The first-order chi connectivity index (χ1) is 4.68. The van der Waals surface area contributed by atoms with E-state index in [2.05, 4.69) is 26.9 Å². The van der Waals surface area contributed by atoms with Gasteiger partial charge in [-0.1, -0.05) is 0 Å². The quantitative estimate of drug-likeness (QED) is 0.607. The number of nitrogens with one attached hydrogen (secondary N) is 1. The van der Waals surface area contributed by atoms with Crippen LogP contribution in [-0.4, -0.2) is 14.5 Å².